The van der Waals surface area contributed by atoms with Crippen molar-refractivity contribution in [3.8, 4) is 23.0 Å². The molecule has 0 aliphatic heterocycles. The summed E-state index contributed by atoms with van der Waals surface area (Å²) in [4.78, 5) is 24.1. The molecule has 166 valence electrons. The highest BCUT2D eigenvalue weighted by Crippen LogP contribution is 2.44. The Morgan fingerprint density at radius 3 is 2.30 bits per heavy atom. The van der Waals surface area contributed by atoms with E-state index < -0.39 is 12.1 Å². The first-order chi connectivity index (χ1) is 16.1. The zero-order valence-corrected chi connectivity index (χ0v) is 18.7. The number of aryl methyl sites for hydroxylation is 1. The average molecular weight is 440 g/mol. The van der Waals surface area contributed by atoms with Crippen LogP contribution in [0, 0.1) is 18.8 Å². The minimum Gasteiger partial charge on any atom is -0.465 e. The predicted molar refractivity (Wildman–Crippen MR) is 127 cm³/mol. The van der Waals surface area contributed by atoms with Crippen LogP contribution in [0.1, 0.15) is 45.0 Å². The van der Waals surface area contributed by atoms with E-state index in [1.165, 1.54) is 29.4 Å². The zero-order chi connectivity index (χ0) is 23.2. The molecule has 5 heteroatoms. The summed E-state index contributed by atoms with van der Waals surface area (Å²) in [5, 5.41) is 2.75. The van der Waals surface area contributed by atoms with E-state index in [0.29, 0.717) is 24.1 Å². The summed E-state index contributed by atoms with van der Waals surface area (Å²) in [6.07, 6.45) is -0.0388. The Bertz CT molecular complexity index is 1210. The van der Waals surface area contributed by atoms with Crippen molar-refractivity contribution >= 4 is 12.1 Å². The smallest absolute Gasteiger partial charge is 0.407 e. The monoisotopic (exact) mass is 439 g/mol. The standard InChI is InChI=1S/C28H25NO4/c1-19-14-15-21(27(30)32-2)20(17-19)9-7-8-16-29-28(31)33-18-26-24-12-5-3-10-22(24)23-11-4-6-13-25(23)26/h3-6,10-15,17,26H,8,16,18H2,1-2H3,(H,29,31). The number of ether oxygens (including phenoxy) is 2. The number of methoxy groups -OCH3 is 1. The number of esters is 1. The van der Waals surface area contributed by atoms with Gasteiger partial charge in [-0.25, -0.2) is 9.59 Å². The van der Waals surface area contributed by atoms with Gasteiger partial charge in [-0.1, -0.05) is 66.4 Å². The quantitative estimate of drug-likeness (QED) is 0.343. The predicted octanol–water partition coefficient (Wildman–Crippen LogP) is 5.06. The molecule has 0 saturated carbocycles. The molecule has 1 aliphatic carbocycles. The fraction of sp³-hybridized carbons (Fsp3) is 0.214. The average Bonchev–Trinajstić information content (AvgIpc) is 3.16. The molecule has 33 heavy (non-hydrogen) atoms. The maximum absolute atomic E-state index is 12.2. The highest BCUT2D eigenvalue weighted by molar-refractivity contribution is 5.92. The molecule has 1 N–H and O–H groups in total. The van der Waals surface area contributed by atoms with Gasteiger partial charge in [0.05, 0.1) is 12.7 Å². The maximum atomic E-state index is 12.2. The molecule has 0 atom stereocenters. The Morgan fingerprint density at radius 1 is 0.970 bits per heavy atom. The van der Waals surface area contributed by atoms with Crippen molar-refractivity contribution in [2.45, 2.75) is 19.3 Å². The third kappa shape index (κ3) is 4.91. The lowest BCUT2D eigenvalue weighted by Gasteiger charge is -2.14. The molecule has 1 aliphatic rings. The van der Waals surface area contributed by atoms with E-state index in [1.54, 1.807) is 6.07 Å². The van der Waals surface area contributed by atoms with Crippen LogP contribution in [0.5, 0.6) is 0 Å². The highest BCUT2D eigenvalue weighted by atomic mass is 16.5. The van der Waals surface area contributed by atoms with Gasteiger partial charge >= 0.3 is 12.1 Å². The molecule has 0 bridgehead atoms. The molecule has 1 amide bonds. The van der Waals surface area contributed by atoms with Crippen LogP contribution in [-0.2, 0) is 9.47 Å². The van der Waals surface area contributed by atoms with Gasteiger partial charge in [0.25, 0.3) is 0 Å². The zero-order valence-electron chi connectivity index (χ0n) is 18.7. The van der Waals surface area contributed by atoms with Gasteiger partial charge in [0.15, 0.2) is 0 Å². The summed E-state index contributed by atoms with van der Waals surface area (Å²) < 4.78 is 10.3. The minimum atomic E-state index is -0.468. The minimum absolute atomic E-state index is 0.0287. The first kappa shape index (κ1) is 22.2. The van der Waals surface area contributed by atoms with Crippen LogP contribution in [0.2, 0.25) is 0 Å². The molecule has 0 radical (unpaired) electrons. The lowest BCUT2D eigenvalue weighted by Crippen LogP contribution is -2.26. The number of hydrogen-bond acceptors (Lipinski definition) is 4. The summed E-state index contributed by atoms with van der Waals surface area (Å²) in [7, 11) is 1.34. The van der Waals surface area contributed by atoms with Crippen LogP contribution in [0.15, 0.2) is 66.7 Å². The Labute approximate surface area is 193 Å². The van der Waals surface area contributed by atoms with Crippen molar-refractivity contribution in [1.29, 1.82) is 0 Å². The summed E-state index contributed by atoms with van der Waals surface area (Å²) >= 11 is 0. The van der Waals surface area contributed by atoms with E-state index in [9.17, 15) is 9.59 Å². The number of carbonyl (C=O) groups excluding carboxylic acids is 2. The van der Waals surface area contributed by atoms with Crippen molar-refractivity contribution in [2.24, 2.45) is 0 Å². The first-order valence-corrected chi connectivity index (χ1v) is 10.8. The summed E-state index contributed by atoms with van der Waals surface area (Å²) in [5.74, 6) is 5.61. The van der Waals surface area contributed by atoms with Gasteiger partial charge in [-0.15, -0.1) is 0 Å². The van der Waals surface area contributed by atoms with Crippen LogP contribution in [0.4, 0.5) is 4.79 Å². The van der Waals surface area contributed by atoms with Gasteiger partial charge in [-0.3, -0.25) is 0 Å². The number of fused-ring (bicyclic) bond motifs is 3. The molecular formula is C28H25NO4. The lowest BCUT2D eigenvalue weighted by atomic mass is 9.98. The lowest BCUT2D eigenvalue weighted by molar-refractivity contribution is 0.0600. The van der Waals surface area contributed by atoms with E-state index in [0.717, 1.165) is 5.56 Å². The summed E-state index contributed by atoms with van der Waals surface area (Å²) in [6.45, 7) is 2.56. The molecule has 0 unspecified atom stereocenters. The second-order valence-corrected chi connectivity index (χ2v) is 7.84. The van der Waals surface area contributed by atoms with Gasteiger partial charge in [0.2, 0.25) is 0 Å². The van der Waals surface area contributed by atoms with Crippen molar-refractivity contribution < 1.29 is 19.1 Å². The Balaban J connectivity index is 1.31. The topological polar surface area (TPSA) is 64.6 Å². The van der Waals surface area contributed by atoms with Crippen LogP contribution >= 0.6 is 0 Å². The Hall–Kier alpha value is -4.04. The third-order valence-corrected chi connectivity index (χ3v) is 5.67. The number of benzene rings is 3. The maximum Gasteiger partial charge on any atom is 0.407 e. The molecule has 0 spiro atoms. The molecule has 4 rings (SSSR count). The van der Waals surface area contributed by atoms with E-state index in [-0.39, 0.29) is 12.5 Å². The summed E-state index contributed by atoms with van der Waals surface area (Å²) in [5.41, 5.74) is 6.79. The fourth-order valence-corrected chi connectivity index (χ4v) is 4.08. The van der Waals surface area contributed by atoms with Crippen LogP contribution in [0.3, 0.4) is 0 Å². The van der Waals surface area contributed by atoms with Crippen molar-refractivity contribution in [1.82, 2.24) is 5.32 Å². The van der Waals surface area contributed by atoms with E-state index in [1.807, 2.05) is 43.3 Å². The van der Waals surface area contributed by atoms with Crippen LogP contribution in [0.25, 0.3) is 11.1 Å². The second kappa shape index (κ2) is 10.1. The van der Waals surface area contributed by atoms with Gasteiger partial charge in [-0.2, -0.15) is 0 Å². The first-order valence-electron chi connectivity index (χ1n) is 10.8. The van der Waals surface area contributed by atoms with Crippen LogP contribution in [-0.4, -0.2) is 32.3 Å². The number of rotatable bonds is 5. The second-order valence-electron chi connectivity index (χ2n) is 7.84. The van der Waals surface area contributed by atoms with E-state index in [4.69, 9.17) is 9.47 Å². The van der Waals surface area contributed by atoms with Crippen molar-refractivity contribution in [2.75, 3.05) is 20.3 Å². The van der Waals surface area contributed by atoms with Crippen LogP contribution < -0.4 is 5.32 Å². The van der Waals surface area contributed by atoms with E-state index >= 15 is 0 Å². The van der Waals surface area contributed by atoms with Crippen molar-refractivity contribution in [3.05, 3.63) is 94.5 Å². The SMILES string of the molecule is COC(=O)c1ccc(C)cc1C#CCCNC(=O)OCC1c2ccccc2-c2ccccc21. The van der Waals surface area contributed by atoms with Gasteiger partial charge < -0.3 is 14.8 Å². The molecule has 0 aromatic heterocycles. The molecule has 3 aromatic carbocycles. The largest absolute Gasteiger partial charge is 0.465 e. The van der Waals surface area contributed by atoms with E-state index in [2.05, 4.69) is 41.4 Å². The number of carbonyl (C=O) groups is 2. The molecule has 3 aromatic rings. The Morgan fingerprint density at radius 2 is 1.64 bits per heavy atom. The molecule has 0 fully saturated rings. The number of hydrogen-bond donors (Lipinski definition) is 1. The molecular weight excluding hydrogens is 414 g/mol. The molecule has 0 saturated heterocycles. The summed E-state index contributed by atoms with van der Waals surface area (Å²) in [6, 6.07) is 21.9. The van der Waals surface area contributed by atoms with Gasteiger partial charge in [0, 0.05) is 24.4 Å². The van der Waals surface area contributed by atoms with Gasteiger partial charge in [-0.05, 0) is 46.9 Å². The Kier molecular flexibility index (Phi) is 6.75. The number of amides is 1. The fourth-order valence-electron chi connectivity index (χ4n) is 4.08. The highest BCUT2D eigenvalue weighted by Gasteiger charge is 2.28. The molecule has 0 heterocycles. The number of alkyl carbamates (subject to hydrolysis) is 1. The normalized spacial score (nSPS) is 11.6. The van der Waals surface area contributed by atoms with Crippen molar-refractivity contribution in [3.63, 3.8) is 0 Å². The molecule has 5 nitrogen and oxygen atoms in total. The third-order valence-electron chi connectivity index (χ3n) is 5.67. The van der Waals surface area contributed by atoms with Gasteiger partial charge in [0.1, 0.15) is 6.61 Å². The number of nitrogens with one attached hydrogen (secondary N) is 1.